The molecule has 0 radical (unpaired) electrons. The Morgan fingerprint density at radius 3 is 2.64 bits per heavy atom. The summed E-state index contributed by atoms with van der Waals surface area (Å²) in [6, 6.07) is 11.9. The lowest BCUT2D eigenvalue weighted by Crippen LogP contribution is -2.47. The Hall–Kier alpha value is -4.44. The van der Waals surface area contributed by atoms with Gasteiger partial charge in [0.1, 0.15) is 5.82 Å². The molecule has 39 heavy (non-hydrogen) atoms. The molecule has 0 atom stereocenters. The van der Waals surface area contributed by atoms with Crippen LogP contribution in [0.3, 0.4) is 0 Å². The zero-order valence-corrected chi connectivity index (χ0v) is 22.6. The Kier molecular flexibility index (Phi) is 8.02. The maximum atomic E-state index is 6.67. The molecule has 0 aromatic carbocycles. The average molecular weight is 523 g/mol. The fraction of sp³-hybridized carbons (Fsp3) is 0.310. The summed E-state index contributed by atoms with van der Waals surface area (Å²) < 4.78 is 0. The quantitative estimate of drug-likeness (QED) is 0.332. The largest absolute Gasteiger partial charge is 0.400 e. The van der Waals surface area contributed by atoms with Crippen LogP contribution in [-0.4, -0.2) is 76.0 Å². The minimum absolute atomic E-state index is 0.360. The molecule has 1 aliphatic heterocycles. The Labute approximate surface area is 228 Å². The van der Waals surface area contributed by atoms with Gasteiger partial charge < -0.3 is 16.0 Å². The third-order valence-electron chi connectivity index (χ3n) is 6.83. The number of aliphatic imine (C=N–C) groups is 1. The van der Waals surface area contributed by atoms with E-state index in [0.29, 0.717) is 24.1 Å². The number of piperazine rings is 1. The first kappa shape index (κ1) is 26.2. The second-order valence-corrected chi connectivity index (χ2v) is 9.91. The van der Waals surface area contributed by atoms with E-state index in [1.807, 2.05) is 42.7 Å². The number of hydrogen-bond acceptors (Lipinski definition) is 10. The standard InChI is InChI=1S/C29H34N10/c1-20(2)21-14-29(37-34-16-21)36-28-7-6-26-27(35-28)13-22(15-33-26)24(18-31-3)25(30)19-38-9-11-39(12-10-38)23-5-4-8-32-17-23/h4-8,13-18,20H,9-12,19,30H2,1-3H3,(H,35,36,37). The molecule has 1 fully saturated rings. The highest BCUT2D eigenvalue weighted by Crippen LogP contribution is 2.23. The summed E-state index contributed by atoms with van der Waals surface area (Å²) >= 11 is 0. The van der Waals surface area contributed by atoms with Crippen molar-refractivity contribution in [2.75, 3.05) is 50.0 Å². The van der Waals surface area contributed by atoms with Crippen molar-refractivity contribution < 1.29 is 0 Å². The number of pyridine rings is 3. The van der Waals surface area contributed by atoms with Crippen LogP contribution >= 0.6 is 0 Å². The lowest BCUT2D eigenvalue weighted by Gasteiger charge is -2.36. The molecule has 0 amide bonds. The van der Waals surface area contributed by atoms with Gasteiger partial charge in [-0.15, -0.1) is 5.10 Å². The first-order valence-corrected chi connectivity index (χ1v) is 13.1. The molecule has 200 valence electrons. The zero-order chi connectivity index (χ0) is 27.2. The van der Waals surface area contributed by atoms with E-state index in [2.05, 4.69) is 60.2 Å². The van der Waals surface area contributed by atoms with Crippen LogP contribution in [0.4, 0.5) is 17.3 Å². The number of nitrogens with two attached hydrogens (primary N) is 1. The fourth-order valence-corrected chi connectivity index (χ4v) is 4.62. The van der Waals surface area contributed by atoms with E-state index in [1.54, 1.807) is 25.7 Å². The van der Waals surface area contributed by atoms with E-state index in [4.69, 9.17) is 10.7 Å². The molecule has 5 heterocycles. The van der Waals surface area contributed by atoms with E-state index in [1.165, 1.54) is 0 Å². The smallest absolute Gasteiger partial charge is 0.154 e. The number of hydrogen-bond donors (Lipinski definition) is 2. The Morgan fingerprint density at radius 1 is 1.05 bits per heavy atom. The summed E-state index contributed by atoms with van der Waals surface area (Å²) in [4.78, 5) is 22.7. The van der Waals surface area contributed by atoms with Gasteiger partial charge in [-0.3, -0.25) is 19.9 Å². The predicted molar refractivity (Wildman–Crippen MR) is 157 cm³/mol. The van der Waals surface area contributed by atoms with Crippen molar-refractivity contribution in [2.45, 2.75) is 19.8 Å². The maximum Gasteiger partial charge on any atom is 0.154 e. The number of fused-ring (bicyclic) bond motifs is 1. The van der Waals surface area contributed by atoms with E-state index < -0.39 is 0 Å². The predicted octanol–water partition coefficient (Wildman–Crippen LogP) is 3.87. The summed E-state index contributed by atoms with van der Waals surface area (Å²) in [5.74, 6) is 1.69. The number of nitrogens with one attached hydrogen (secondary N) is 1. The number of allylic oxidation sites excluding steroid dienone is 1. The molecule has 0 spiro atoms. The molecule has 10 nitrogen and oxygen atoms in total. The molecule has 1 saturated heterocycles. The summed E-state index contributed by atoms with van der Waals surface area (Å²) in [7, 11) is 1.75. The van der Waals surface area contributed by atoms with Gasteiger partial charge >= 0.3 is 0 Å². The van der Waals surface area contributed by atoms with Gasteiger partial charge in [0.2, 0.25) is 0 Å². The van der Waals surface area contributed by atoms with Gasteiger partial charge in [0.05, 0.1) is 29.1 Å². The third kappa shape index (κ3) is 6.35. The molecule has 0 aliphatic carbocycles. The lowest BCUT2D eigenvalue weighted by molar-refractivity contribution is 0.278. The number of aromatic nitrogens is 5. The van der Waals surface area contributed by atoms with E-state index in [9.17, 15) is 0 Å². The third-order valence-corrected chi connectivity index (χ3v) is 6.83. The van der Waals surface area contributed by atoms with Gasteiger partial charge in [0.25, 0.3) is 0 Å². The number of rotatable bonds is 8. The van der Waals surface area contributed by atoms with Crippen molar-refractivity contribution in [3.8, 4) is 0 Å². The topological polar surface area (TPSA) is 121 Å². The second kappa shape index (κ2) is 12.0. The van der Waals surface area contributed by atoms with Crippen LogP contribution in [0.1, 0.15) is 30.9 Å². The fourth-order valence-electron chi connectivity index (χ4n) is 4.62. The highest BCUT2D eigenvalue weighted by Gasteiger charge is 2.19. The van der Waals surface area contributed by atoms with E-state index in [0.717, 1.165) is 65.3 Å². The first-order chi connectivity index (χ1) is 19.0. The summed E-state index contributed by atoms with van der Waals surface area (Å²) in [6.07, 6.45) is 9.14. The van der Waals surface area contributed by atoms with Crippen molar-refractivity contribution in [1.29, 1.82) is 0 Å². The number of anilines is 3. The minimum atomic E-state index is 0.360. The Morgan fingerprint density at radius 2 is 1.90 bits per heavy atom. The van der Waals surface area contributed by atoms with Crippen LogP contribution < -0.4 is 16.0 Å². The van der Waals surface area contributed by atoms with Crippen LogP contribution in [0, 0.1) is 0 Å². The van der Waals surface area contributed by atoms with E-state index >= 15 is 0 Å². The van der Waals surface area contributed by atoms with Crippen LogP contribution in [0.2, 0.25) is 0 Å². The van der Waals surface area contributed by atoms with E-state index in [-0.39, 0.29) is 0 Å². The highest BCUT2D eigenvalue weighted by molar-refractivity contribution is 6.11. The van der Waals surface area contributed by atoms with Gasteiger partial charge in [-0.1, -0.05) is 13.8 Å². The Balaban J connectivity index is 1.34. The SMILES string of the molecule is CN=CC(=C(N)CN1CCN(c2cccnc2)CC1)c1cnc2ccc(Nc3cc(C(C)C)cnn3)nc2c1. The van der Waals surface area contributed by atoms with Crippen molar-refractivity contribution in [2.24, 2.45) is 10.7 Å². The zero-order valence-electron chi connectivity index (χ0n) is 22.6. The van der Waals surface area contributed by atoms with Crippen LogP contribution in [0.25, 0.3) is 16.6 Å². The van der Waals surface area contributed by atoms with Crippen LogP contribution in [0.15, 0.2) is 71.9 Å². The Bertz CT molecular complexity index is 1470. The molecular weight excluding hydrogens is 488 g/mol. The summed E-state index contributed by atoms with van der Waals surface area (Å²) in [6.45, 7) is 8.59. The summed E-state index contributed by atoms with van der Waals surface area (Å²) in [5, 5.41) is 11.6. The van der Waals surface area contributed by atoms with Gasteiger partial charge in [0, 0.05) is 75.2 Å². The summed E-state index contributed by atoms with van der Waals surface area (Å²) in [5.41, 5.74) is 13.0. The second-order valence-electron chi connectivity index (χ2n) is 9.91. The molecule has 10 heteroatoms. The molecule has 3 N–H and O–H groups in total. The minimum Gasteiger partial charge on any atom is -0.400 e. The molecule has 1 aliphatic rings. The highest BCUT2D eigenvalue weighted by atomic mass is 15.3. The van der Waals surface area contributed by atoms with Gasteiger partial charge in [0.15, 0.2) is 5.82 Å². The molecule has 4 aromatic heterocycles. The molecule has 0 bridgehead atoms. The first-order valence-electron chi connectivity index (χ1n) is 13.1. The van der Waals surface area contributed by atoms with Crippen LogP contribution in [0.5, 0.6) is 0 Å². The molecule has 0 unspecified atom stereocenters. The van der Waals surface area contributed by atoms with Crippen LogP contribution in [-0.2, 0) is 0 Å². The monoisotopic (exact) mass is 522 g/mol. The van der Waals surface area contributed by atoms with Gasteiger partial charge in [-0.05, 0) is 47.9 Å². The van der Waals surface area contributed by atoms with Crippen molar-refractivity contribution in [3.63, 3.8) is 0 Å². The normalized spacial score (nSPS) is 15.2. The number of nitrogens with zero attached hydrogens (tertiary/aromatic N) is 8. The van der Waals surface area contributed by atoms with Crippen molar-refractivity contribution >= 4 is 40.1 Å². The molecular formula is C29H34N10. The van der Waals surface area contributed by atoms with Gasteiger partial charge in [-0.25, -0.2) is 4.98 Å². The lowest BCUT2D eigenvalue weighted by atomic mass is 10.1. The molecule has 5 rings (SSSR count). The van der Waals surface area contributed by atoms with Crippen molar-refractivity contribution in [3.05, 3.63) is 78.0 Å². The molecule has 4 aromatic rings. The average Bonchev–Trinajstić information content (AvgIpc) is 2.96. The molecule has 0 saturated carbocycles. The van der Waals surface area contributed by atoms with Crippen molar-refractivity contribution in [1.82, 2.24) is 30.0 Å². The maximum absolute atomic E-state index is 6.67. The van der Waals surface area contributed by atoms with Gasteiger partial charge in [-0.2, -0.15) is 5.10 Å².